The van der Waals surface area contributed by atoms with Crippen molar-refractivity contribution in [3.05, 3.63) is 35.4 Å². The van der Waals surface area contributed by atoms with Crippen LogP contribution >= 0.6 is 0 Å². The number of hydrogen-bond donors (Lipinski definition) is 2. The molecule has 19 heavy (non-hydrogen) atoms. The van der Waals surface area contributed by atoms with Gasteiger partial charge in [-0.1, -0.05) is 37.6 Å². The highest BCUT2D eigenvalue weighted by Crippen LogP contribution is 2.48. The van der Waals surface area contributed by atoms with Crippen LogP contribution in [0.25, 0.3) is 0 Å². The van der Waals surface area contributed by atoms with Gasteiger partial charge in [0.05, 0.1) is 6.42 Å². The van der Waals surface area contributed by atoms with Crippen LogP contribution in [0.3, 0.4) is 0 Å². The standard InChI is InChI=1S/C16H24N2O/c1-2-7-16(8-9-16)12-18-15(19)10-13-5-3-4-6-14(13)11-17/h3-6H,2,7-12,17H2,1H3,(H,18,19). The third kappa shape index (κ3) is 3.80. The van der Waals surface area contributed by atoms with Crippen LogP contribution in [-0.2, 0) is 17.8 Å². The van der Waals surface area contributed by atoms with Crippen molar-refractivity contribution in [1.29, 1.82) is 0 Å². The van der Waals surface area contributed by atoms with E-state index >= 15 is 0 Å². The molecule has 0 heterocycles. The SMILES string of the molecule is CCCC1(CNC(=O)Cc2ccccc2CN)CC1. The first-order valence-electron chi connectivity index (χ1n) is 7.23. The summed E-state index contributed by atoms with van der Waals surface area (Å²) in [4.78, 5) is 12.0. The summed E-state index contributed by atoms with van der Waals surface area (Å²) in [6.45, 7) is 3.53. The molecule has 104 valence electrons. The molecule has 1 aliphatic rings. The molecular formula is C16H24N2O. The fourth-order valence-electron chi connectivity index (χ4n) is 2.67. The number of amides is 1. The van der Waals surface area contributed by atoms with E-state index in [0.717, 1.165) is 17.7 Å². The Bertz CT molecular complexity index is 438. The van der Waals surface area contributed by atoms with Gasteiger partial charge in [0.25, 0.3) is 0 Å². The van der Waals surface area contributed by atoms with Gasteiger partial charge in [-0.05, 0) is 35.8 Å². The van der Waals surface area contributed by atoms with Crippen molar-refractivity contribution in [2.24, 2.45) is 11.1 Å². The minimum Gasteiger partial charge on any atom is -0.355 e. The summed E-state index contributed by atoms with van der Waals surface area (Å²) in [5, 5.41) is 3.09. The number of carbonyl (C=O) groups is 1. The van der Waals surface area contributed by atoms with E-state index in [1.54, 1.807) is 0 Å². The number of nitrogens with one attached hydrogen (secondary N) is 1. The molecule has 1 fully saturated rings. The minimum absolute atomic E-state index is 0.114. The second-order valence-electron chi connectivity index (χ2n) is 5.68. The Morgan fingerprint density at radius 2 is 2.00 bits per heavy atom. The lowest BCUT2D eigenvalue weighted by Gasteiger charge is -2.15. The third-order valence-electron chi connectivity index (χ3n) is 4.09. The highest BCUT2D eigenvalue weighted by Gasteiger charge is 2.41. The molecule has 0 atom stereocenters. The zero-order valence-corrected chi connectivity index (χ0v) is 11.7. The van der Waals surface area contributed by atoms with E-state index in [9.17, 15) is 4.79 Å². The van der Waals surface area contributed by atoms with Crippen LogP contribution in [0.5, 0.6) is 0 Å². The molecular weight excluding hydrogens is 236 g/mol. The normalized spacial score (nSPS) is 16.1. The molecule has 3 N–H and O–H groups in total. The Balaban J connectivity index is 1.84. The lowest BCUT2D eigenvalue weighted by Crippen LogP contribution is -2.31. The van der Waals surface area contributed by atoms with Gasteiger partial charge in [-0.15, -0.1) is 0 Å². The molecule has 0 saturated heterocycles. The number of carbonyl (C=O) groups excluding carboxylic acids is 1. The molecule has 1 amide bonds. The Hall–Kier alpha value is -1.35. The maximum absolute atomic E-state index is 12.0. The Morgan fingerprint density at radius 1 is 1.32 bits per heavy atom. The van der Waals surface area contributed by atoms with Crippen molar-refractivity contribution < 1.29 is 4.79 Å². The van der Waals surface area contributed by atoms with Crippen molar-refractivity contribution >= 4 is 5.91 Å². The van der Waals surface area contributed by atoms with Gasteiger partial charge in [-0.2, -0.15) is 0 Å². The van der Waals surface area contributed by atoms with Crippen LogP contribution in [0.1, 0.15) is 43.7 Å². The fraction of sp³-hybridized carbons (Fsp3) is 0.562. The van der Waals surface area contributed by atoms with E-state index in [1.807, 2.05) is 24.3 Å². The summed E-state index contributed by atoms with van der Waals surface area (Å²) in [6, 6.07) is 7.90. The first-order chi connectivity index (χ1) is 9.19. The van der Waals surface area contributed by atoms with E-state index in [4.69, 9.17) is 5.73 Å². The van der Waals surface area contributed by atoms with Gasteiger partial charge >= 0.3 is 0 Å². The number of benzene rings is 1. The van der Waals surface area contributed by atoms with Crippen molar-refractivity contribution in [3.63, 3.8) is 0 Å². The van der Waals surface area contributed by atoms with E-state index in [-0.39, 0.29) is 5.91 Å². The molecule has 2 rings (SSSR count). The predicted molar refractivity (Wildman–Crippen MR) is 77.6 cm³/mol. The summed E-state index contributed by atoms with van der Waals surface area (Å²) in [6.07, 6.45) is 5.40. The second-order valence-corrected chi connectivity index (χ2v) is 5.68. The van der Waals surface area contributed by atoms with Gasteiger partial charge in [0, 0.05) is 13.1 Å². The summed E-state index contributed by atoms with van der Waals surface area (Å²) in [5.41, 5.74) is 8.21. The monoisotopic (exact) mass is 260 g/mol. The van der Waals surface area contributed by atoms with Crippen LogP contribution < -0.4 is 11.1 Å². The van der Waals surface area contributed by atoms with Gasteiger partial charge in [-0.25, -0.2) is 0 Å². The molecule has 0 bridgehead atoms. The minimum atomic E-state index is 0.114. The largest absolute Gasteiger partial charge is 0.355 e. The molecule has 0 radical (unpaired) electrons. The summed E-state index contributed by atoms with van der Waals surface area (Å²) in [7, 11) is 0. The van der Waals surface area contributed by atoms with Gasteiger partial charge in [0.15, 0.2) is 0 Å². The molecule has 1 saturated carbocycles. The van der Waals surface area contributed by atoms with E-state index in [2.05, 4.69) is 12.2 Å². The first-order valence-corrected chi connectivity index (χ1v) is 7.23. The smallest absolute Gasteiger partial charge is 0.224 e. The lowest BCUT2D eigenvalue weighted by molar-refractivity contribution is -0.120. The Labute approximate surface area is 115 Å². The third-order valence-corrected chi connectivity index (χ3v) is 4.09. The number of nitrogens with two attached hydrogens (primary N) is 1. The molecule has 0 spiro atoms. The molecule has 1 aromatic carbocycles. The Kier molecular flexibility index (Phi) is 4.59. The molecule has 1 aliphatic carbocycles. The summed E-state index contributed by atoms with van der Waals surface area (Å²) >= 11 is 0. The van der Waals surface area contributed by atoms with Crippen LogP contribution in [0.4, 0.5) is 0 Å². The van der Waals surface area contributed by atoms with Crippen molar-refractivity contribution in [1.82, 2.24) is 5.32 Å². The topological polar surface area (TPSA) is 55.1 Å². The van der Waals surface area contributed by atoms with Gasteiger partial charge in [0.2, 0.25) is 5.91 Å². The molecule has 1 aromatic rings. The fourth-order valence-corrected chi connectivity index (χ4v) is 2.67. The number of rotatable bonds is 7. The maximum atomic E-state index is 12.0. The van der Waals surface area contributed by atoms with Gasteiger partial charge in [0.1, 0.15) is 0 Å². The molecule has 0 unspecified atom stereocenters. The van der Waals surface area contributed by atoms with E-state index < -0.39 is 0 Å². The first kappa shape index (κ1) is 14.1. The quantitative estimate of drug-likeness (QED) is 0.791. The summed E-state index contributed by atoms with van der Waals surface area (Å²) in [5.74, 6) is 0.114. The molecule has 3 nitrogen and oxygen atoms in total. The zero-order chi connectivity index (χ0) is 13.7. The Morgan fingerprint density at radius 3 is 2.58 bits per heavy atom. The summed E-state index contributed by atoms with van der Waals surface area (Å²) < 4.78 is 0. The molecule has 0 aromatic heterocycles. The van der Waals surface area contributed by atoms with Crippen molar-refractivity contribution in [3.8, 4) is 0 Å². The van der Waals surface area contributed by atoms with Crippen LogP contribution in [0.15, 0.2) is 24.3 Å². The highest BCUT2D eigenvalue weighted by atomic mass is 16.1. The maximum Gasteiger partial charge on any atom is 0.224 e. The highest BCUT2D eigenvalue weighted by molar-refractivity contribution is 5.79. The van der Waals surface area contributed by atoms with E-state index in [1.165, 1.54) is 25.7 Å². The predicted octanol–water partition coefficient (Wildman–Crippen LogP) is 2.38. The van der Waals surface area contributed by atoms with Crippen molar-refractivity contribution in [2.75, 3.05) is 6.54 Å². The van der Waals surface area contributed by atoms with Crippen LogP contribution in [0.2, 0.25) is 0 Å². The van der Waals surface area contributed by atoms with Crippen molar-refractivity contribution in [2.45, 2.75) is 45.6 Å². The molecule has 3 heteroatoms. The lowest BCUT2D eigenvalue weighted by atomic mass is 10.0. The number of hydrogen-bond acceptors (Lipinski definition) is 2. The van der Waals surface area contributed by atoms with Crippen LogP contribution in [0, 0.1) is 5.41 Å². The van der Waals surface area contributed by atoms with E-state index in [0.29, 0.717) is 18.4 Å². The van der Waals surface area contributed by atoms with Gasteiger partial charge < -0.3 is 11.1 Å². The average molecular weight is 260 g/mol. The average Bonchev–Trinajstić information content (AvgIpc) is 3.18. The molecule has 0 aliphatic heterocycles. The second kappa shape index (κ2) is 6.20. The van der Waals surface area contributed by atoms with Crippen LogP contribution in [-0.4, -0.2) is 12.5 Å². The zero-order valence-electron chi connectivity index (χ0n) is 11.7. The van der Waals surface area contributed by atoms with Gasteiger partial charge in [-0.3, -0.25) is 4.79 Å².